The van der Waals surface area contributed by atoms with Gasteiger partial charge in [-0.3, -0.25) is 0 Å². The summed E-state index contributed by atoms with van der Waals surface area (Å²) in [7, 11) is -3.76. The van der Waals surface area contributed by atoms with Crippen LogP contribution in [0.4, 0.5) is 4.39 Å². The lowest BCUT2D eigenvalue weighted by Crippen LogP contribution is -2.41. The topological polar surface area (TPSA) is 74.7 Å². The molecule has 26 heavy (non-hydrogen) atoms. The van der Waals surface area contributed by atoms with Gasteiger partial charge in [-0.15, -0.1) is 0 Å². The van der Waals surface area contributed by atoms with Crippen LogP contribution in [-0.4, -0.2) is 30.1 Å². The fourth-order valence-corrected chi connectivity index (χ4v) is 4.62. The van der Waals surface area contributed by atoms with E-state index in [0.717, 1.165) is 11.8 Å². The van der Waals surface area contributed by atoms with Crippen LogP contribution in [0, 0.1) is 5.82 Å². The van der Waals surface area contributed by atoms with Crippen molar-refractivity contribution in [2.75, 3.05) is 6.26 Å². The van der Waals surface area contributed by atoms with Crippen LogP contribution in [0.2, 0.25) is 0 Å². The molecule has 0 aromatic heterocycles. The summed E-state index contributed by atoms with van der Waals surface area (Å²) in [5.41, 5.74) is 1.14. The molecule has 0 unspecified atom stereocenters. The highest BCUT2D eigenvalue weighted by Crippen LogP contribution is 2.43. The largest absolute Gasteiger partial charge is 0.478 e. The molecule has 2 aromatic rings. The van der Waals surface area contributed by atoms with E-state index in [1.165, 1.54) is 28.6 Å². The van der Waals surface area contributed by atoms with E-state index in [1.54, 1.807) is 18.2 Å². The summed E-state index contributed by atoms with van der Waals surface area (Å²) >= 11 is 0. The summed E-state index contributed by atoms with van der Waals surface area (Å²) in [5, 5.41) is 9.60. The van der Waals surface area contributed by atoms with Crippen LogP contribution in [0.25, 0.3) is 0 Å². The minimum atomic E-state index is -3.76. The lowest BCUT2D eigenvalue weighted by atomic mass is 9.89. The minimum Gasteiger partial charge on any atom is -0.478 e. The molecule has 3 rings (SSSR count). The van der Waals surface area contributed by atoms with Crippen molar-refractivity contribution in [3.05, 3.63) is 83.2 Å². The molecular weight excluding hydrogens is 357 g/mol. The molecule has 2 aromatic carbocycles. The van der Waals surface area contributed by atoms with Gasteiger partial charge in [0.05, 0.1) is 23.9 Å². The number of carboxylic acids is 1. The lowest BCUT2D eigenvalue weighted by Gasteiger charge is -2.39. The molecule has 0 amide bonds. The third kappa shape index (κ3) is 3.54. The average molecular weight is 375 g/mol. The monoisotopic (exact) mass is 375 g/mol. The van der Waals surface area contributed by atoms with E-state index >= 15 is 0 Å². The second kappa shape index (κ2) is 7.01. The SMILES string of the molecule is CS(=O)(=O)N1[C@@H](c2ccc(F)cc2)C(C(=O)O)=CC[C@H]1c1ccccc1. The summed E-state index contributed by atoms with van der Waals surface area (Å²) in [5.74, 6) is -1.67. The summed E-state index contributed by atoms with van der Waals surface area (Å²) in [6, 6.07) is 12.7. The second-order valence-electron chi connectivity index (χ2n) is 6.17. The first-order valence-corrected chi connectivity index (χ1v) is 9.86. The normalized spacial score (nSPS) is 21.2. The first kappa shape index (κ1) is 18.3. The van der Waals surface area contributed by atoms with E-state index in [0.29, 0.717) is 5.56 Å². The molecule has 1 N–H and O–H groups in total. The van der Waals surface area contributed by atoms with E-state index in [9.17, 15) is 22.7 Å². The van der Waals surface area contributed by atoms with E-state index in [-0.39, 0.29) is 12.0 Å². The van der Waals surface area contributed by atoms with Gasteiger partial charge in [-0.05, 0) is 29.7 Å². The highest BCUT2D eigenvalue weighted by Gasteiger charge is 2.42. The Balaban J connectivity index is 2.20. The van der Waals surface area contributed by atoms with Crippen LogP contribution >= 0.6 is 0 Å². The van der Waals surface area contributed by atoms with Gasteiger partial charge in [-0.2, -0.15) is 4.31 Å². The number of carboxylic acid groups (broad SMARTS) is 1. The molecule has 5 nitrogen and oxygen atoms in total. The molecule has 0 spiro atoms. The summed E-state index contributed by atoms with van der Waals surface area (Å²) in [6.45, 7) is 0. The van der Waals surface area contributed by atoms with Crippen molar-refractivity contribution in [1.29, 1.82) is 0 Å². The van der Waals surface area contributed by atoms with Crippen LogP contribution in [0.15, 0.2) is 66.2 Å². The highest BCUT2D eigenvalue weighted by atomic mass is 32.2. The molecule has 1 heterocycles. The van der Waals surface area contributed by atoms with Gasteiger partial charge in [0.15, 0.2) is 0 Å². The van der Waals surface area contributed by atoms with Crippen molar-refractivity contribution in [2.45, 2.75) is 18.5 Å². The van der Waals surface area contributed by atoms with E-state index in [1.807, 2.05) is 18.2 Å². The number of hydrogen-bond acceptors (Lipinski definition) is 3. The minimum absolute atomic E-state index is 0.0331. The number of carbonyl (C=O) groups is 1. The zero-order valence-electron chi connectivity index (χ0n) is 14.0. The predicted molar refractivity (Wildman–Crippen MR) is 95.3 cm³/mol. The van der Waals surface area contributed by atoms with Crippen molar-refractivity contribution >= 4 is 16.0 Å². The van der Waals surface area contributed by atoms with E-state index in [4.69, 9.17) is 0 Å². The Bertz CT molecular complexity index is 939. The highest BCUT2D eigenvalue weighted by molar-refractivity contribution is 7.88. The van der Waals surface area contributed by atoms with Crippen molar-refractivity contribution in [2.24, 2.45) is 0 Å². The van der Waals surface area contributed by atoms with Gasteiger partial charge in [0.1, 0.15) is 5.82 Å². The number of benzene rings is 2. The number of rotatable bonds is 4. The first-order chi connectivity index (χ1) is 12.3. The molecule has 1 aliphatic heterocycles. The smallest absolute Gasteiger partial charge is 0.333 e. The fraction of sp³-hybridized carbons (Fsp3) is 0.211. The van der Waals surface area contributed by atoms with Crippen molar-refractivity contribution in [3.63, 3.8) is 0 Å². The third-order valence-electron chi connectivity index (χ3n) is 4.42. The van der Waals surface area contributed by atoms with Gasteiger partial charge in [0, 0.05) is 0 Å². The predicted octanol–water partition coefficient (Wildman–Crippen LogP) is 3.28. The average Bonchev–Trinajstić information content (AvgIpc) is 2.61. The molecule has 0 aliphatic carbocycles. The van der Waals surface area contributed by atoms with Crippen LogP contribution in [0.1, 0.15) is 29.6 Å². The Morgan fingerprint density at radius 1 is 1.08 bits per heavy atom. The number of aliphatic carboxylic acids is 1. The second-order valence-corrected chi connectivity index (χ2v) is 8.06. The van der Waals surface area contributed by atoms with Gasteiger partial charge in [0.2, 0.25) is 10.0 Å². The first-order valence-electron chi connectivity index (χ1n) is 8.01. The van der Waals surface area contributed by atoms with Gasteiger partial charge in [0.25, 0.3) is 0 Å². The Morgan fingerprint density at radius 3 is 2.23 bits per heavy atom. The van der Waals surface area contributed by atoms with Gasteiger partial charge in [-0.1, -0.05) is 48.5 Å². The van der Waals surface area contributed by atoms with Crippen LogP contribution in [0.3, 0.4) is 0 Å². The Labute approximate surface area is 151 Å². The molecule has 0 bridgehead atoms. The van der Waals surface area contributed by atoms with Gasteiger partial charge < -0.3 is 5.11 Å². The summed E-state index contributed by atoms with van der Waals surface area (Å²) in [6.07, 6.45) is 2.86. The van der Waals surface area contributed by atoms with E-state index < -0.39 is 33.9 Å². The fourth-order valence-electron chi connectivity index (χ4n) is 3.33. The van der Waals surface area contributed by atoms with Crippen molar-refractivity contribution in [1.82, 2.24) is 4.31 Å². The van der Waals surface area contributed by atoms with Crippen LogP contribution in [-0.2, 0) is 14.8 Å². The maximum absolute atomic E-state index is 13.3. The number of sulfonamides is 1. The molecule has 0 saturated carbocycles. The number of nitrogens with zero attached hydrogens (tertiary/aromatic N) is 1. The number of halogens is 1. The molecule has 136 valence electrons. The Kier molecular flexibility index (Phi) is 4.93. The third-order valence-corrected chi connectivity index (χ3v) is 5.65. The molecule has 0 saturated heterocycles. The zero-order chi connectivity index (χ0) is 18.9. The van der Waals surface area contributed by atoms with Gasteiger partial charge in [-0.25, -0.2) is 17.6 Å². The Hall–Kier alpha value is -2.51. The number of hydrogen-bond donors (Lipinski definition) is 1. The zero-order valence-corrected chi connectivity index (χ0v) is 14.9. The van der Waals surface area contributed by atoms with Crippen molar-refractivity contribution < 1.29 is 22.7 Å². The molecular formula is C19H18FNO4S. The van der Waals surface area contributed by atoms with E-state index in [2.05, 4.69) is 0 Å². The van der Waals surface area contributed by atoms with Crippen LogP contribution in [0.5, 0.6) is 0 Å². The summed E-state index contributed by atoms with van der Waals surface area (Å²) in [4.78, 5) is 11.8. The molecule has 0 fully saturated rings. The molecule has 7 heteroatoms. The molecule has 0 radical (unpaired) electrons. The standard InChI is InChI=1S/C19H18FNO4S/c1-26(24,25)21-17(13-5-3-2-4-6-13)12-11-16(19(22)23)18(21)14-7-9-15(20)10-8-14/h2-11,17-18H,12H2,1H3,(H,22,23)/t17-,18-/m0/s1. The molecule has 1 aliphatic rings. The lowest BCUT2D eigenvalue weighted by molar-refractivity contribution is -0.133. The molecule has 2 atom stereocenters. The maximum Gasteiger partial charge on any atom is 0.333 e. The maximum atomic E-state index is 13.3. The van der Waals surface area contributed by atoms with Gasteiger partial charge >= 0.3 is 5.97 Å². The van der Waals surface area contributed by atoms with Crippen LogP contribution < -0.4 is 0 Å². The van der Waals surface area contributed by atoms with Crippen molar-refractivity contribution in [3.8, 4) is 0 Å². The Morgan fingerprint density at radius 2 is 1.69 bits per heavy atom. The summed E-state index contributed by atoms with van der Waals surface area (Å²) < 4.78 is 39.8. The quantitative estimate of drug-likeness (QED) is 0.890.